The van der Waals surface area contributed by atoms with Crippen LogP contribution in [0.3, 0.4) is 0 Å². The van der Waals surface area contributed by atoms with Crippen LogP contribution in [0.5, 0.6) is 0 Å². The lowest BCUT2D eigenvalue weighted by atomic mass is 10.0. The lowest BCUT2D eigenvalue weighted by Gasteiger charge is -2.19. The van der Waals surface area contributed by atoms with E-state index in [-0.39, 0.29) is 22.7 Å². The van der Waals surface area contributed by atoms with Crippen molar-refractivity contribution in [2.45, 2.75) is 45.5 Å². The number of rotatable bonds is 2. The summed E-state index contributed by atoms with van der Waals surface area (Å²) in [5, 5.41) is 0. The second-order valence-electron chi connectivity index (χ2n) is 5.60. The second kappa shape index (κ2) is 5.84. The second-order valence-corrected chi connectivity index (χ2v) is 7.51. The van der Waals surface area contributed by atoms with Gasteiger partial charge in [-0.05, 0) is 46.2 Å². The van der Waals surface area contributed by atoms with Crippen molar-refractivity contribution in [1.82, 2.24) is 4.98 Å². The highest BCUT2D eigenvalue weighted by atomic mass is 32.2. The highest BCUT2D eigenvalue weighted by Gasteiger charge is 2.36. The van der Waals surface area contributed by atoms with Crippen molar-refractivity contribution in [1.29, 1.82) is 0 Å². The van der Waals surface area contributed by atoms with E-state index >= 15 is 0 Å². The molecule has 1 aromatic rings. The maximum Gasteiger partial charge on any atom is 0.433 e. The molecule has 0 saturated carbocycles. The molecule has 0 unspecified atom stereocenters. The summed E-state index contributed by atoms with van der Waals surface area (Å²) >= 11 is -1.57. The minimum absolute atomic E-state index is 0.0798. The molecule has 21 heavy (non-hydrogen) atoms. The molecular weight excluding hydrogens is 303 g/mol. The monoisotopic (exact) mass is 321 g/mol. The van der Waals surface area contributed by atoms with E-state index in [1.807, 2.05) is 0 Å². The van der Waals surface area contributed by atoms with Gasteiger partial charge in [-0.3, -0.25) is 0 Å². The van der Waals surface area contributed by atoms with E-state index < -0.39 is 28.0 Å². The van der Waals surface area contributed by atoms with Crippen LogP contribution in [0.25, 0.3) is 0 Å². The first kappa shape index (κ1) is 17.8. The average molecular weight is 321 g/mol. The van der Waals surface area contributed by atoms with E-state index in [0.29, 0.717) is 0 Å². The summed E-state index contributed by atoms with van der Waals surface area (Å²) in [6.45, 7) is 7.99. The van der Waals surface area contributed by atoms with Gasteiger partial charge in [0.05, 0.1) is 5.71 Å². The van der Waals surface area contributed by atoms with Crippen molar-refractivity contribution >= 4 is 22.9 Å². The number of pyridine rings is 1. The maximum absolute atomic E-state index is 12.9. The lowest BCUT2D eigenvalue weighted by Crippen LogP contribution is -2.27. The van der Waals surface area contributed by atoms with E-state index in [2.05, 4.69) is 9.38 Å². The van der Waals surface area contributed by atoms with Gasteiger partial charge in [-0.2, -0.15) is 13.2 Å². The van der Waals surface area contributed by atoms with E-state index in [1.54, 1.807) is 20.8 Å². The fourth-order valence-electron chi connectivity index (χ4n) is 1.59. The zero-order valence-electron chi connectivity index (χ0n) is 12.5. The Morgan fingerprint density at radius 2 is 1.86 bits per heavy atom. The van der Waals surface area contributed by atoms with Gasteiger partial charge in [0.2, 0.25) is 0 Å². The molecule has 0 bridgehead atoms. The van der Waals surface area contributed by atoms with Crippen molar-refractivity contribution in [2.75, 3.05) is 5.73 Å². The Morgan fingerprint density at radius 3 is 2.29 bits per heavy atom. The number of nitrogen functional groups attached to an aromatic ring is 1. The predicted molar refractivity (Wildman–Crippen MR) is 78.5 cm³/mol. The van der Waals surface area contributed by atoms with Crippen LogP contribution in [-0.2, 0) is 17.5 Å². The zero-order chi connectivity index (χ0) is 16.6. The summed E-state index contributed by atoms with van der Waals surface area (Å²) < 4.78 is 54.1. The molecule has 0 spiro atoms. The molecule has 8 heteroatoms. The Bertz CT molecular complexity index is 565. The van der Waals surface area contributed by atoms with Gasteiger partial charge in [-0.1, -0.05) is 4.40 Å². The van der Waals surface area contributed by atoms with Crippen LogP contribution in [0, 0.1) is 6.92 Å². The Hall–Kier alpha value is -1.28. The van der Waals surface area contributed by atoms with Gasteiger partial charge in [-0.25, -0.2) is 4.98 Å². The fraction of sp³-hybridized carbons (Fsp3) is 0.538. The van der Waals surface area contributed by atoms with Gasteiger partial charge in [0.15, 0.2) is 0 Å². The van der Waals surface area contributed by atoms with Crippen molar-refractivity contribution in [3.8, 4) is 0 Å². The first-order chi connectivity index (χ1) is 9.34. The Labute approximate surface area is 125 Å². The molecule has 1 aromatic heterocycles. The summed E-state index contributed by atoms with van der Waals surface area (Å²) in [6, 6.07) is 1.31. The van der Waals surface area contributed by atoms with Gasteiger partial charge in [0, 0.05) is 5.56 Å². The molecule has 0 aliphatic carbocycles. The van der Waals surface area contributed by atoms with E-state index in [9.17, 15) is 17.7 Å². The number of anilines is 1. The van der Waals surface area contributed by atoms with Crippen LogP contribution >= 0.6 is 0 Å². The van der Waals surface area contributed by atoms with Crippen LogP contribution in [0.15, 0.2) is 10.5 Å². The first-order valence-electron chi connectivity index (χ1n) is 6.16. The molecule has 4 nitrogen and oxygen atoms in total. The Morgan fingerprint density at radius 1 is 1.33 bits per heavy atom. The molecular formula is C13H18F3N3OS. The summed E-state index contributed by atoms with van der Waals surface area (Å²) in [5.74, 6) is -0.251. The third-order valence-corrected chi connectivity index (χ3v) is 4.18. The molecule has 1 atom stereocenters. The first-order valence-corrected chi connectivity index (χ1v) is 7.26. The lowest BCUT2D eigenvalue weighted by molar-refractivity contribution is -0.141. The minimum atomic E-state index is -4.60. The molecule has 0 aromatic carbocycles. The number of hydrogen-bond acceptors (Lipinski definition) is 4. The smallest absolute Gasteiger partial charge is 0.433 e. The molecule has 0 radical (unpaired) electrons. The quantitative estimate of drug-likeness (QED) is 0.671. The third-order valence-electron chi connectivity index (χ3n) is 2.69. The highest BCUT2D eigenvalue weighted by Crippen LogP contribution is 2.32. The van der Waals surface area contributed by atoms with Gasteiger partial charge < -0.3 is 10.3 Å². The molecule has 0 aliphatic heterocycles. The van der Waals surface area contributed by atoms with Gasteiger partial charge >= 0.3 is 6.18 Å². The fourth-order valence-corrected chi connectivity index (χ4v) is 2.21. The number of nitrogens with two attached hydrogens (primary N) is 1. The van der Waals surface area contributed by atoms with Crippen LogP contribution < -0.4 is 5.73 Å². The largest absolute Gasteiger partial charge is 0.591 e. The normalized spacial score (nSPS) is 15.2. The van der Waals surface area contributed by atoms with Gasteiger partial charge in [0.1, 0.15) is 27.6 Å². The Balaban J connectivity index is 3.38. The van der Waals surface area contributed by atoms with Gasteiger partial charge in [-0.15, -0.1) is 0 Å². The number of hydrogen-bond donors (Lipinski definition) is 1. The molecule has 0 amide bonds. The number of alkyl halides is 3. The molecule has 1 rings (SSSR count). The molecule has 1 heterocycles. The van der Waals surface area contributed by atoms with Gasteiger partial charge in [0.25, 0.3) is 0 Å². The molecule has 0 aliphatic rings. The molecule has 2 N–H and O–H groups in total. The minimum Gasteiger partial charge on any atom is -0.591 e. The number of aromatic nitrogens is 1. The third kappa shape index (κ3) is 4.34. The van der Waals surface area contributed by atoms with E-state index in [1.165, 1.54) is 19.9 Å². The van der Waals surface area contributed by atoms with Crippen molar-refractivity contribution in [2.24, 2.45) is 4.40 Å². The zero-order valence-corrected chi connectivity index (χ0v) is 13.3. The standard InChI is InChI=1S/C13H18F3N3OS/c1-7-9(8(2)19-21(20)12(3,4)5)6-10(17)18-11(7)13(14,15)16/h6H,1-5H3,(H2,17,18)/t21-/m0/s1. The average Bonchev–Trinajstić information content (AvgIpc) is 2.28. The van der Waals surface area contributed by atoms with Crippen molar-refractivity contribution in [3.05, 3.63) is 22.9 Å². The highest BCUT2D eigenvalue weighted by molar-refractivity contribution is 7.91. The summed E-state index contributed by atoms with van der Waals surface area (Å²) in [6.07, 6.45) is -4.60. The van der Waals surface area contributed by atoms with Crippen molar-refractivity contribution < 1.29 is 17.7 Å². The maximum atomic E-state index is 12.9. The van der Waals surface area contributed by atoms with E-state index in [0.717, 1.165) is 0 Å². The summed E-state index contributed by atoms with van der Waals surface area (Å²) in [5.41, 5.74) is 4.75. The molecule has 118 valence electrons. The summed E-state index contributed by atoms with van der Waals surface area (Å²) in [7, 11) is 0. The van der Waals surface area contributed by atoms with E-state index in [4.69, 9.17) is 5.73 Å². The number of halogens is 3. The van der Waals surface area contributed by atoms with Crippen LogP contribution in [-0.4, -0.2) is 20.0 Å². The Kier molecular flexibility index (Phi) is 4.94. The predicted octanol–water partition coefficient (Wildman–Crippen LogP) is 3.26. The van der Waals surface area contributed by atoms with Crippen LogP contribution in [0.2, 0.25) is 0 Å². The topological polar surface area (TPSA) is 74.3 Å². The molecule has 0 saturated heterocycles. The van der Waals surface area contributed by atoms with Crippen molar-refractivity contribution in [3.63, 3.8) is 0 Å². The SMILES string of the molecule is CC(=N[S@@+]([O-])C(C)(C)C)c1cc(N)nc(C(F)(F)F)c1C. The summed E-state index contributed by atoms with van der Waals surface area (Å²) in [4.78, 5) is 3.34. The number of nitrogens with zero attached hydrogens (tertiary/aromatic N) is 2. The molecule has 0 fully saturated rings. The van der Waals surface area contributed by atoms with Crippen LogP contribution in [0.4, 0.5) is 19.0 Å². The van der Waals surface area contributed by atoms with Crippen LogP contribution in [0.1, 0.15) is 44.5 Å².